The van der Waals surface area contributed by atoms with Gasteiger partial charge in [0.1, 0.15) is 5.82 Å². The van der Waals surface area contributed by atoms with Crippen molar-refractivity contribution in [2.24, 2.45) is 0 Å². The van der Waals surface area contributed by atoms with E-state index < -0.39 is 0 Å². The van der Waals surface area contributed by atoms with Gasteiger partial charge in [0.05, 0.1) is 12.2 Å². The molecule has 1 atom stereocenters. The monoisotopic (exact) mass is 354 g/mol. The summed E-state index contributed by atoms with van der Waals surface area (Å²) in [6.45, 7) is 4.27. The van der Waals surface area contributed by atoms with Crippen LogP contribution in [-0.2, 0) is 4.79 Å². The molecule has 7 nitrogen and oxygen atoms in total. The molecule has 1 saturated heterocycles. The predicted octanol–water partition coefficient (Wildman–Crippen LogP) is 2.19. The van der Waals surface area contributed by atoms with E-state index in [9.17, 15) is 4.79 Å². The van der Waals surface area contributed by atoms with Crippen molar-refractivity contribution in [3.8, 4) is 0 Å². The molecule has 0 aliphatic carbocycles. The quantitative estimate of drug-likeness (QED) is 0.887. The number of nitrogens with zero attached hydrogens (tertiary/aromatic N) is 5. The van der Waals surface area contributed by atoms with Gasteiger partial charge in [-0.15, -0.1) is 0 Å². The van der Waals surface area contributed by atoms with Crippen molar-refractivity contribution in [2.45, 2.75) is 25.7 Å². The number of aryl methyl sites for hydroxylation is 1. The number of hydrogen-bond donors (Lipinski definition) is 1. The predicted molar refractivity (Wildman–Crippen MR) is 101 cm³/mol. The molecule has 1 N–H and O–H groups in total. The van der Waals surface area contributed by atoms with Crippen LogP contribution >= 0.6 is 0 Å². The van der Waals surface area contributed by atoms with Gasteiger partial charge in [-0.05, 0) is 44.0 Å². The van der Waals surface area contributed by atoms with E-state index in [4.69, 9.17) is 0 Å². The number of anilines is 2. The van der Waals surface area contributed by atoms with Crippen LogP contribution < -0.4 is 5.32 Å². The van der Waals surface area contributed by atoms with Gasteiger partial charge in [-0.1, -0.05) is 6.07 Å². The summed E-state index contributed by atoms with van der Waals surface area (Å²) in [5.41, 5.74) is 2.12. The molecule has 1 amide bonds. The standard InChI is InChI=1S/C19H26N6O/c1-14-6-7-17(21-11-14)23-19-20-9-8-16(22-19)15-5-4-10-25(12-15)13-18(26)24(2)3/h6-9,11,15H,4-5,10,12-13H2,1-3H3,(H,20,21,22,23)/t15-/m1/s1. The van der Waals surface area contributed by atoms with Crippen molar-refractivity contribution < 1.29 is 4.79 Å². The number of likely N-dealkylation sites (N-methyl/N-ethyl adjacent to an activating group) is 1. The highest BCUT2D eigenvalue weighted by Crippen LogP contribution is 2.26. The van der Waals surface area contributed by atoms with Gasteiger partial charge in [0.25, 0.3) is 0 Å². The Balaban J connectivity index is 1.67. The van der Waals surface area contributed by atoms with Crippen molar-refractivity contribution in [3.05, 3.63) is 41.9 Å². The fourth-order valence-electron chi connectivity index (χ4n) is 3.09. The average Bonchev–Trinajstić information content (AvgIpc) is 2.64. The third kappa shape index (κ3) is 4.76. The largest absolute Gasteiger partial charge is 0.348 e. The zero-order valence-electron chi connectivity index (χ0n) is 15.6. The molecule has 138 valence electrons. The summed E-state index contributed by atoms with van der Waals surface area (Å²) in [7, 11) is 3.59. The summed E-state index contributed by atoms with van der Waals surface area (Å²) in [5.74, 6) is 1.74. The molecule has 7 heteroatoms. The first-order valence-corrected chi connectivity index (χ1v) is 8.96. The van der Waals surface area contributed by atoms with Crippen LogP contribution in [0.4, 0.5) is 11.8 Å². The number of aromatic nitrogens is 3. The number of pyridine rings is 1. The molecule has 0 saturated carbocycles. The van der Waals surface area contributed by atoms with Crippen molar-refractivity contribution in [3.63, 3.8) is 0 Å². The molecular weight excluding hydrogens is 328 g/mol. The molecule has 1 aliphatic heterocycles. The Hall–Kier alpha value is -2.54. The van der Waals surface area contributed by atoms with Gasteiger partial charge < -0.3 is 10.2 Å². The van der Waals surface area contributed by atoms with Crippen molar-refractivity contribution in [1.82, 2.24) is 24.8 Å². The zero-order chi connectivity index (χ0) is 18.5. The van der Waals surface area contributed by atoms with Gasteiger partial charge in [-0.3, -0.25) is 9.69 Å². The third-order valence-electron chi connectivity index (χ3n) is 4.61. The lowest BCUT2D eigenvalue weighted by Gasteiger charge is -2.32. The molecule has 3 rings (SSSR count). The van der Waals surface area contributed by atoms with Gasteiger partial charge in [-0.2, -0.15) is 0 Å². The highest BCUT2D eigenvalue weighted by Gasteiger charge is 2.24. The summed E-state index contributed by atoms with van der Waals surface area (Å²) in [6, 6.07) is 5.89. The number of nitrogens with one attached hydrogen (secondary N) is 1. The van der Waals surface area contributed by atoms with E-state index in [1.807, 2.05) is 31.3 Å². The fourth-order valence-corrected chi connectivity index (χ4v) is 3.09. The van der Waals surface area contributed by atoms with E-state index in [1.165, 1.54) is 0 Å². The molecule has 0 spiro atoms. The summed E-state index contributed by atoms with van der Waals surface area (Å²) in [5, 5.41) is 3.16. The smallest absolute Gasteiger partial charge is 0.236 e. The van der Waals surface area contributed by atoms with E-state index in [0.29, 0.717) is 18.4 Å². The van der Waals surface area contributed by atoms with Gasteiger partial charge in [0, 0.05) is 39.0 Å². The second kappa shape index (κ2) is 8.23. The number of piperidine rings is 1. The Morgan fingerprint density at radius 3 is 2.88 bits per heavy atom. The van der Waals surface area contributed by atoms with Crippen molar-refractivity contribution >= 4 is 17.7 Å². The van der Waals surface area contributed by atoms with Gasteiger partial charge in [-0.25, -0.2) is 15.0 Å². The van der Waals surface area contributed by atoms with E-state index in [-0.39, 0.29) is 5.91 Å². The van der Waals surface area contributed by atoms with Crippen LogP contribution in [0, 0.1) is 6.92 Å². The highest BCUT2D eigenvalue weighted by molar-refractivity contribution is 5.77. The van der Waals surface area contributed by atoms with Crippen LogP contribution in [0.5, 0.6) is 0 Å². The van der Waals surface area contributed by atoms with E-state index in [0.717, 1.165) is 43.0 Å². The summed E-state index contributed by atoms with van der Waals surface area (Å²) < 4.78 is 0. The maximum Gasteiger partial charge on any atom is 0.236 e. The van der Waals surface area contributed by atoms with Crippen LogP contribution in [0.25, 0.3) is 0 Å². The molecule has 3 heterocycles. The molecule has 26 heavy (non-hydrogen) atoms. The SMILES string of the molecule is Cc1ccc(Nc2nccc([C@@H]3CCCN(CC(=O)N(C)C)C3)n2)nc1. The molecule has 0 radical (unpaired) electrons. The van der Waals surface area contributed by atoms with Crippen LogP contribution in [0.3, 0.4) is 0 Å². The van der Waals surface area contributed by atoms with Crippen LogP contribution in [0.2, 0.25) is 0 Å². The second-order valence-electron chi connectivity index (χ2n) is 7.01. The second-order valence-corrected chi connectivity index (χ2v) is 7.01. The summed E-state index contributed by atoms with van der Waals surface area (Å²) in [4.78, 5) is 29.2. The van der Waals surface area contributed by atoms with Crippen LogP contribution in [-0.4, -0.2) is 64.4 Å². The summed E-state index contributed by atoms with van der Waals surface area (Å²) >= 11 is 0. The highest BCUT2D eigenvalue weighted by atomic mass is 16.2. The molecular formula is C19H26N6O. The van der Waals surface area contributed by atoms with Crippen molar-refractivity contribution in [2.75, 3.05) is 39.0 Å². The number of hydrogen-bond acceptors (Lipinski definition) is 6. The molecule has 0 unspecified atom stereocenters. The Kier molecular flexibility index (Phi) is 5.78. The Labute approximate surface area is 154 Å². The third-order valence-corrected chi connectivity index (χ3v) is 4.61. The van der Waals surface area contributed by atoms with Gasteiger partial charge >= 0.3 is 0 Å². The first-order valence-electron chi connectivity index (χ1n) is 8.96. The lowest BCUT2D eigenvalue weighted by molar-refractivity contribution is -0.130. The summed E-state index contributed by atoms with van der Waals surface area (Å²) in [6.07, 6.45) is 5.74. The molecule has 0 aromatic carbocycles. The van der Waals surface area contributed by atoms with E-state index in [2.05, 4.69) is 25.2 Å². The number of rotatable bonds is 5. The average molecular weight is 354 g/mol. The lowest BCUT2D eigenvalue weighted by Crippen LogP contribution is -2.41. The minimum atomic E-state index is 0.140. The lowest BCUT2D eigenvalue weighted by atomic mass is 9.94. The Morgan fingerprint density at radius 1 is 1.31 bits per heavy atom. The number of carbonyl (C=O) groups excluding carboxylic acids is 1. The number of likely N-dealkylation sites (tertiary alicyclic amines) is 1. The molecule has 1 aliphatic rings. The molecule has 1 fully saturated rings. The minimum Gasteiger partial charge on any atom is -0.348 e. The maximum absolute atomic E-state index is 12.0. The minimum absolute atomic E-state index is 0.140. The van der Waals surface area contributed by atoms with Gasteiger partial charge in [0.15, 0.2) is 0 Å². The van der Waals surface area contributed by atoms with E-state index >= 15 is 0 Å². The fraction of sp³-hybridized carbons (Fsp3) is 0.474. The van der Waals surface area contributed by atoms with E-state index in [1.54, 1.807) is 25.2 Å². The van der Waals surface area contributed by atoms with Gasteiger partial charge in [0.2, 0.25) is 11.9 Å². The van der Waals surface area contributed by atoms with Crippen LogP contribution in [0.15, 0.2) is 30.6 Å². The first-order chi connectivity index (χ1) is 12.5. The Morgan fingerprint density at radius 2 is 2.15 bits per heavy atom. The normalized spacial score (nSPS) is 17.7. The number of amides is 1. The van der Waals surface area contributed by atoms with Crippen molar-refractivity contribution in [1.29, 1.82) is 0 Å². The Bertz CT molecular complexity index is 746. The topological polar surface area (TPSA) is 74.2 Å². The number of carbonyl (C=O) groups is 1. The zero-order valence-corrected chi connectivity index (χ0v) is 15.6. The maximum atomic E-state index is 12.0. The first kappa shape index (κ1) is 18.3. The van der Waals surface area contributed by atoms with Crippen LogP contribution in [0.1, 0.15) is 30.0 Å². The molecule has 0 bridgehead atoms. The molecule has 2 aromatic rings. The molecule has 2 aromatic heterocycles.